The second kappa shape index (κ2) is 5.26. The number of nitrogens with zero attached hydrogens (tertiary/aromatic N) is 1. The Morgan fingerprint density at radius 1 is 1.00 bits per heavy atom. The molecule has 0 fully saturated rings. The fourth-order valence-corrected chi connectivity index (χ4v) is 2.50. The molecule has 0 aliphatic heterocycles. The van der Waals surface area contributed by atoms with Gasteiger partial charge in [0.2, 0.25) is 0 Å². The third-order valence-electron chi connectivity index (χ3n) is 3.58. The van der Waals surface area contributed by atoms with Gasteiger partial charge < -0.3 is 5.73 Å². The molecule has 0 bridgehead atoms. The maximum Gasteiger partial charge on any atom is 0.153 e. The van der Waals surface area contributed by atoms with E-state index >= 15 is 0 Å². The van der Waals surface area contributed by atoms with E-state index in [1.54, 1.807) is 0 Å². The molecule has 0 aliphatic carbocycles. The van der Waals surface area contributed by atoms with E-state index in [1.807, 2.05) is 25.1 Å². The lowest BCUT2D eigenvalue weighted by molar-refractivity contribution is 1.10. The van der Waals surface area contributed by atoms with Crippen LogP contribution in [0.15, 0.2) is 42.5 Å². The number of H-pyrrole nitrogens is 1. The maximum absolute atomic E-state index is 6.10. The molecule has 3 N–H and O–H groups in total. The molecule has 3 nitrogen and oxygen atoms in total. The van der Waals surface area contributed by atoms with Crippen LogP contribution in [0.3, 0.4) is 0 Å². The number of anilines is 1. The third-order valence-corrected chi connectivity index (χ3v) is 4.01. The van der Waals surface area contributed by atoms with Crippen LogP contribution >= 0.6 is 11.6 Å². The second-order valence-electron chi connectivity index (χ2n) is 5.19. The average Bonchev–Trinajstić information content (AvgIpc) is 2.85. The van der Waals surface area contributed by atoms with Gasteiger partial charge >= 0.3 is 0 Å². The average molecular weight is 298 g/mol. The number of hydrogen-bond donors (Lipinski definition) is 2. The van der Waals surface area contributed by atoms with Crippen LogP contribution in [0, 0.1) is 13.8 Å². The molecule has 0 saturated heterocycles. The van der Waals surface area contributed by atoms with E-state index in [-0.39, 0.29) is 0 Å². The van der Waals surface area contributed by atoms with Gasteiger partial charge in [-0.25, -0.2) is 0 Å². The van der Waals surface area contributed by atoms with Crippen molar-refractivity contribution in [2.45, 2.75) is 13.8 Å². The number of nitrogens with one attached hydrogen (secondary N) is 1. The predicted molar refractivity (Wildman–Crippen MR) is 88.4 cm³/mol. The van der Waals surface area contributed by atoms with E-state index in [0.717, 1.165) is 33.0 Å². The predicted octanol–water partition coefficient (Wildman–Crippen LogP) is 4.60. The lowest BCUT2D eigenvalue weighted by Gasteiger charge is -2.07. The van der Waals surface area contributed by atoms with Gasteiger partial charge in [0.25, 0.3) is 0 Å². The first-order valence-electron chi connectivity index (χ1n) is 6.73. The quantitative estimate of drug-likeness (QED) is 0.726. The standard InChI is InChI=1S/C17H16ClN3/c1-10-3-5-12(6-4-10)15-16(20-21-17(15)19)13-7-8-14(18)11(2)9-13/h3-9H,1-2H3,(H3,19,20,21). The number of aromatic nitrogens is 2. The molecule has 0 saturated carbocycles. The van der Waals surface area contributed by atoms with Crippen LogP contribution in [0.4, 0.5) is 5.82 Å². The molecule has 0 radical (unpaired) electrons. The smallest absolute Gasteiger partial charge is 0.153 e. The monoisotopic (exact) mass is 297 g/mol. The highest BCUT2D eigenvalue weighted by Crippen LogP contribution is 2.35. The Morgan fingerprint density at radius 3 is 2.33 bits per heavy atom. The first-order valence-corrected chi connectivity index (χ1v) is 7.11. The summed E-state index contributed by atoms with van der Waals surface area (Å²) in [5.74, 6) is 0.501. The fourth-order valence-electron chi connectivity index (χ4n) is 2.38. The van der Waals surface area contributed by atoms with Crippen molar-refractivity contribution in [2.75, 3.05) is 5.73 Å². The molecule has 3 aromatic rings. The normalized spacial score (nSPS) is 10.8. The first-order chi connectivity index (χ1) is 10.1. The second-order valence-corrected chi connectivity index (χ2v) is 5.60. The van der Waals surface area contributed by atoms with Crippen LogP contribution in [0.25, 0.3) is 22.4 Å². The zero-order valence-electron chi connectivity index (χ0n) is 11.9. The summed E-state index contributed by atoms with van der Waals surface area (Å²) in [6.07, 6.45) is 0. The zero-order valence-corrected chi connectivity index (χ0v) is 12.7. The van der Waals surface area contributed by atoms with Gasteiger partial charge in [0.15, 0.2) is 5.82 Å². The molecule has 21 heavy (non-hydrogen) atoms. The Balaban J connectivity index is 2.16. The van der Waals surface area contributed by atoms with E-state index < -0.39 is 0 Å². The van der Waals surface area contributed by atoms with E-state index in [2.05, 4.69) is 41.4 Å². The number of aromatic amines is 1. The maximum atomic E-state index is 6.10. The van der Waals surface area contributed by atoms with E-state index in [0.29, 0.717) is 5.82 Å². The highest BCUT2D eigenvalue weighted by molar-refractivity contribution is 6.31. The van der Waals surface area contributed by atoms with Crippen LogP contribution in [-0.4, -0.2) is 10.2 Å². The number of nitrogens with two attached hydrogens (primary N) is 1. The van der Waals surface area contributed by atoms with Gasteiger partial charge in [0.05, 0.1) is 11.3 Å². The van der Waals surface area contributed by atoms with Crippen molar-refractivity contribution >= 4 is 17.4 Å². The SMILES string of the molecule is Cc1ccc(-c2c(N)n[nH]c2-c2ccc(Cl)c(C)c2)cc1. The van der Waals surface area contributed by atoms with Crippen LogP contribution in [0.1, 0.15) is 11.1 Å². The van der Waals surface area contributed by atoms with Gasteiger partial charge in [0, 0.05) is 10.6 Å². The summed E-state index contributed by atoms with van der Waals surface area (Å²) in [5, 5.41) is 7.95. The Kier molecular flexibility index (Phi) is 3.43. The molecule has 0 unspecified atom stereocenters. The summed E-state index contributed by atoms with van der Waals surface area (Å²) in [4.78, 5) is 0. The lowest BCUT2D eigenvalue weighted by Crippen LogP contribution is -1.89. The number of benzene rings is 2. The molecule has 0 spiro atoms. The third kappa shape index (κ3) is 2.52. The number of halogens is 1. The summed E-state index contributed by atoms with van der Waals surface area (Å²) >= 11 is 6.10. The van der Waals surface area contributed by atoms with Gasteiger partial charge in [0.1, 0.15) is 0 Å². The summed E-state index contributed by atoms with van der Waals surface area (Å²) in [6.45, 7) is 4.04. The zero-order chi connectivity index (χ0) is 15.0. The highest BCUT2D eigenvalue weighted by Gasteiger charge is 2.15. The summed E-state index contributed by atoms with van der Waals surface area (Å²) < 4.78 is 0. The first kappa shape index (κ1) is 13.7. The van der Waals surface area contributed by atoms with Crippen molar-refractivity contribution in [3.05, 3.63) is 58.6 Å². The minimum atomic E-state index is 0.501. The summed E-state index contributed by atoms with van der Waals surface area (Å²) in [5.41, 5.74) is 12.2. The van der Waals surface area contributed by atoms with Crippen LogP contribution in [0.2, 0.25) is 5.02 Å². The Morgan fingerprint density at radius 2 is 1.67 bits per heavy atom. The molecule has 1 aromatic heterocycles. The number of hydrogen-bond acceptors (Lipinski definition) is 2. The molecule has 4 heteroatoms. The van der Waals surface area contributed by atoms with Gasteiger partial charge in [-0.1, -0.05) is 47.5 Å². The van der Waals surface area contributed by atoms with Crippen molar-refractivity contribution in [1.29, 1.82) is 0 Å². The Hall–Kier alpha value is -2.26. The molecule has 0 amide bonds. The number of aryl methyl sites for hydroxylation is 2. The van der Waals surface area contributed by atoms with Crippen molar-refractivity contribution in [3.63, 3.8) is 0 Å². The van der Waals surface area contributed by atoms with Gasteiger partial charge in [-0.3, -0.25) is 5.10 Å². The summed E-state index contributed by atoms with van der Waals surface area (Å²) in [6, 6.07) is 14.2. The minimum Gasteiger partial charge on any atom is -0.382 e. The largest absolute Gasteiger partial charge is 0.382 e. The molecular formula is C17H16ClN3. The highest BCUT2D eigenvalue weighted by atomic mass is 35.5. The molecule has 0 atom stereocenters. The summed E-state index contributed by atoms with van der Waals surface area (Å²) in [7, 11) is 0. The van der Waals surface area contributed by atoms with E-state index in [1.165, 1.54) is 5.56 Å². The minimum absolute atomic E-state index is 0.501. The Bertz CT molecular complexity index is 788. The molecule has 106 valence electrons. The molecule has 2 aromatic carbocycles. The molecule has 0 aliphatic rings. The molecule has 1 heterocycles. The van der Waals surface area contributed by atoms with Gasteiger partial charge in [-0.15, -0.1) is 0 Å². The van der Waals surface area contributed by atoms with Crippen molar-refractivity contribution in [2.24, 2.45) is 0 Å². The topological polar surface area (TPSA) is 54.7 Å². The molecular weight excluding hydrogens is 282 g/mol. The number of nitrogen functional groups attached to an aromatic ring is 1. The van der Waals surface area contributed by atoms with Crippen LogP contribution in [-0.2, 0) is 0 Å². The van der Waals surface area contributed by atoms with Crippen molar-refractivity contribution < 1.29 is 0 Å². The van der Waals surface area contributed by atoms with E-state index in [4.69, 9.17) is 17.3 Å². The lowest BCUT2D eigenvalue weighted by atomic mass is 9.99. The van der Waals surface area contributed by atoms with Crippen LogP contribution < -0.4 is 5.73 Å². The van der Waals surface area contributed by atoms with Crippen molar-refractivity contribution in [3.8, 4) is 22.4 Å². The Labute approximate surface area is 128 Å². The van der Waals surface area contributed by atoms with Crippen LogP contribution in [0.5, 0.6) is 0 Å². The van der Waals surface area contributed by atoms with Gasteiger partial charge in [-0.05, 0) is 37.1 Å². The van der Waals surface area contributed by atoms with Crippen molar-refractivity contribution in [1.82, 2.24) is 10.2 Å². The number of rotatable bonds is 2. The fraction of sp³-hybridized carbons (Fsp3) is 0.118. The molecule has 3 rings (SSSR count). The van der Waals surface area contributed by atoms with Gasteiger partial charge in [-0.2, -0.15) is 5.10 Å². The van der Waals surface area contributed by atoms with E-state index in [9.17, 15) is 0 Å².